The third kappa shape index (κ3) is 2.89. The van der Waals surface area contributed by atoms with Crippen molar-refractivity contribution in [3.05, 3.63) is 59.7 Å². The van der Waals surface area contributed by atoms with Gasteiger partial charge >= 0.3 is 0 Å². The SMILES string of the molecule is CCCCc1ccc(-c2cc3ccc(C=O)cc3o2)cc1. The third-order valence-corrected chi connectivity index (χ3v) is 3.74. The Labute approximate surface area is 124 Å². The van der Waals surface area contributed by atoms with E-state index in [-0.39, 0.29) is 0 Å². The Morgan fingerprint density at radius 2 is 1.86 bits per heavy atom. The molecule has 1 heterocycles. The maximum absolute atomic E-state index is 10.8. The first kappa shape index (κ1) is 13.6. The van der Waals surface area contributed by atoms with Crippen LogP contribution in [0.2, 0.25) is 0 Å². The summed E-state index contributed by atoms with van der Waals surface area (Å²) < 4.78 is 5.86. The van der Waals surface area contributed by atoms with Crippen molar-refractivity contribution in [1.29, 1.82) is 0 Å². The number of furan rings is 1. The predicted molar refractivity (Wildman–Crippen MR) is 85.6 cm³/mol. The van der Waals surface area contributed by atoms with Crippen LogP contribution in [-0.4, -0.2) is 6.29 Å². The zero-order valence-corrected chi connectivity index (χ0v) is 12.1. The molecule has 0 spiro atoms. The first-order valence-electron chi connectivity index (χ1n) is 7.38. The van der Waals surface area contributed by atoms with Gasteiger partial charge in [0, 0.05) is 16.5 Å². The van der Waals surface area contributed by atoms with Gasteiger partial charge in [-0.2, -0.15) is 0 Å². The van der Waals surface area contributed by atoms with Gasteiger partial charge in [-0.3, -0.25) is 4.79 Å². The van der Waals surface area contributed by atoms with Gasteiger partial charge in [0.2, 0.25) is 0 Å². The van der Waals surface area contributed by atoms with Gasteiger partial charge < -0.3 is 4.42 Å². The molecule has 2 heteroatoms. The van der Waals surface area contributed by atoms with Crippen molar-refractivity contribution in [3.8, 4) is 11.3 Å². The molecule has 0 amide bonds. The van der Waals surface area contributed by atoms with E-state index in [1.165, 1.54) is 18.4 Å². The van der Waals surface area contributed by atoms with Crippen molar-refractivity contribution in [2.24, 2.45) is 0 Å². The average Bonchev–Trinajstić information content (AvgIpc) is 2.96. The second-order valence-electron chi connectivity index (χ2n) is 5.33. The van der Waals surface area contributed by atoms with Gasteiger partial charge in [0.25, 0.3) is 0 Å². The average molecular weight is 278 g/mol. The molecule has 0 aliphatic rings. The Morgan fingerprint density at radius 3 is 2.57 bits per heavy atom. The quantitative estimate of drug-likeness (QED) is 0.596. The molecule has 2 nitrogen and oxygen atoms in total. The highest BCUT2D eigenvalue weighted by Gasteiger charge is 2.07. The first-order chi connectivity index (χ1) is 10.3. The number of fused-ring (bicyclic) bond motifs is 1. The van der Waals surface area contributed by atoms with Gasteiger partial charge in [0.05, 0.1) is 0 Å². The number of aldehydes is 1. The molecule has 0 N–H and O–H groups in total. The number of hydrogen-bond acceptors (Lipinski definition) is 2. The predicted octanol–water partition coefficient (Wildman–Crippen LogP) is 5.25. The minimum Gasteiger partial charge on any atom is -0.456 e. The van der Waals surface area contributed by atoms with Crippen LogP contribution in [0, 0.1) is 0 Å². The molecule has 2 aromatic carbocycles. The Bertz CT molecular complexity index is 751. The van der Waals surface area contributed by atoms with E-state index in [1.54, 1.807) is 6.07 Å². The summed E-state index contributed by atoms with van der Waals surface area (Å²) in [5, 5.41) is 1.02. The molecule has 1 aromatic heterocycles. The fourth-order valence-corrected chi connectivity index (χ4v) is 2.48. The van der Waals surface area contributed by atoms with Crippen LogP contribution in [0.1, 0.15) is 35.7 Å². The summed E-state index contributed by atoms with van der Waals surface area (Å²) in [5.41, 5.74) is 3.82. The fraction of sp³-hybridized carbons (Fsp3) is 0.211. The lowest BCUT2D eigenvalue weighted by Gasteiger charge is -2.01. The molecule has 0 atom stereocenters. The summed E-state index contributed by atoms with van der Waals surface area (Å²) in [6.07, 6.45) is 4.40. The molecule has 106 valence electrons. The van der Waals surface area contributed by atoms with Crippen LogP contribution >= 0.6 is 0 Å². The highest BCUT2D eigenvalue weighted by Crippen LogP contribution is 2.28. The molecule has 3 aromatic rings. The number of rotatable bonds is 5. The maximum atomic E-state index is 10.8. The number of carbonyl (C=O) groups excluding carboxylic acids is 1. The van der Waals surface area contributed by atoms with E-state index in [9.17, 15) is 4.79 Å². The Morgan fingerprint density at radius 1 is 1.05 bits per heavy atom. The highest BCUT2D eigenvalue weighted by molar-refractivity contribution is 5.88. The highest BCUT2D eigenvalue weighted by atomic mass is 16.3. The number of carbonyl (C=O) groups is 1. The van der Waals surface area contributed by atoms with E-state index in [0.29, 0.717) is 5.56 Å². The van der Waals surface area contributed by atoms with Gasteiger partial charge in [-0.1, -0.05) is 49.7 Å². The third-order valence-electron chi connectivity index (χ3n) is 3.74. The van der Waals surface area contributed by atoms with E-state index in [4.69, 9.17) is 4.42 Å². The Balaban J connectivity index is 1.90. The number of unbranched alkanes of at least 4 members (excludes halogenated alkanes) is 1. The monoisotopic (exact) mass is 278 g/mol. The molecule has 3 rings (SSSR count). The minimum atomic E-state index is 0.637. The van der Waals surface area contributed by atoms with E-state index < -0.39 is 0 Å². The van der Waals surface area contributed by atoms with Crippen LogP contribution in [0.15, 0.2) is 52.9 Å². The van der Waals surface area contributed by atoms with Crippen LogP contribution < -0.4 is 0 Å². The van der Waals surface area contributed by atoms with Crippen molar-refractivity contribution in [2.75, 3.05) is 0 Å². The molecule has 21 heavy (non-hydrogen) atoms. The molecule has 0 aliphatic heterocycles. The smallest absolute Gasteiger partial charge is 0.150 e. The topological polar surface area (TPSA) is 30.2 Å². The molecule has 0 saturated carbocycles. The zero-order valence-electron chi connectivity index (χ0n) is 12.1. The van der Waals surface area contributed by atoms with E-state index >= 15 is 0 Å². The minimum absolute atomic E-state index is 0.637. The number of hydrogen-bond donors (Lipinski definition) is 0. The Hall–Kier alpha value is -2.35. The van der Waals surface area contributed by atoms with Crippen molar-refractivity contribution >= 4 is 17.3 Å². The summed E-state index contributed by atoms with van der Waals surface area (Å²) in [7, 11) is 0. The van der Waals surface area contributed by atoms with Crippen LogP contribution in [-0.2, 0) is 6.42 Å². The molecule has 0 unspecified atom stereocenters. The first-order valence-corrected chi connectivity index (χ1v) is 7.38. The number of benzene rings is 2. The van der Waals surface area contributed by atoms with Gasteiger partial charge in [-0.05, 0) is 30.5 Å². The Kier molecular flexibility index (Phi) is 3.87. The summed E-state index contributed by atoms with van der Waals surface area (Å²) in [6, 6.07) is 16.0. The second-order valence-corrected chi connectivity index (χ2v) is 5.33. The molecule has 0 radical (unpaired) electrons. The summed E-state index contributed by atoms with van der Waals surface area (Å²) >= 11 is 0. The second kappa shape index (κ2) is 5.96. The van der Waals surface area contributed by atoms with Gasteiger partial charge in [-0.15, -0.1) is 0 Å². The lowest BCUT2D eigenvalue weighted by Crippen LogP contribution is -1.84. The van der Waals surface area contributed by atoms with Crippen molar-refractivity contribution in [3.63, 3.8) is 0 Å². The van der Waals surface area contributed by atoms with Crippen LogP contribution in [0.5, 0.6) is 0 Å². The van der Waals surface area contributed by atoms with Gasteiger partial charge in [0.1, 0.15) is 17.6 Å². The molecule has 0 aliphatic carbocycles. The van der Waals surface area contributed by atoms with Crippen LogP contribution in [0.25, 0.3) is 22.3 Å². The lowest BCUT2D eigenvalue weighted by molar-refractivity contribution is 0.112. The zero-order chi connectivity index (χ0) is 14.7. The van der Waals surface area contributed by atoms with Gasteiger partial charge in [0.15, 0.2) is 0 Å². The summed E-state index contributed by atoms with van der Waals surface area (Å²) in [4.78, 5) is 10.8. The lowest BCUT2D eigenvalue weighted by atomic mass is 10.1. The van der Waals surface area contributed by atoms with Gasteiger partial charge in [-0.25, -0.2) is 0 Å². The van der Waals surface area contributed by atoms with E-state index in [2.05, 4.69) is 31.2 Å². The molecular weight excluding hydrogens is 260 g/mol. The fourth-order valence-electron chi connectivity index (χ4n) is 2.48. The molecule has 0 fully saturated rings. The molecular formula is C19H18O2. The largest absolute Gasteiger partial charge is 0.456 e. The summed E-state index contributed by atoms with van der Waals surface area (Å²) in [6.45, 7) is 2.20. The van der Waals surface area contributed by atoms with Crippen molar-refractivity contribution < 1.29 is 9.21 Å². The van der Waals surface area contributed by atoms with Crippen molar-refractivity contribution in [1.82, 2.24) is 0 Å². The van der Waals surface area contributed by atoms with Crippen LogP contribution in [0.4, 0.5) is 0 Å². The van der Waals surface area contributed by atoms with Crippen LogP contribution in [0.3, 0.4) is 0 Å². The maximum Gasteiger partial charge on any atom is 0.150 e. The van der Waals surface area contributed by atoms with E-state index in [0.717, 1.165) is 35.0 Å². The normalized spacial score (nSPS) is 10.9. The number of aryl methyl sites for hydroxylation is 1. The molecule has 0 saturated heterocycles. The van der Waals surface area contributed by atoms with Crippen molar-refractivity contribution in [2.45, 2.75) is 26.2 Å². The molecule has 0 bridgehead atoms. The summed E-state index contributed by atoms with van der Waals surface area (Å²) in [5.74, 6) is 0.843. The standard InChI is InChI=1S/C19H18O2/c1-2-3-4-14-5-8-16(9-6-14)19-12-17-10-7-15(13-20)11-18(17)21-19/h5-13H,2-4H2,1H3. The van der Waals surface area contributed by atoms with E-state index in [1.807, 2.05) is 18.2 Å².